The number of carbonyl (C=O) groups excluding carboxylic acids is 2. The van der Waals surface area contributed by atoms with Crippen molar-refractivity contribution < 1.29 is 19.5 Å². The van der Waals surface area contributed by atoms with Crippen LogP contribution >= 0.6 is 0 Å². The molecule has 0 spiro atoms. The summed E-state index contributed by atoms with van der Waals surface area (Å²) in [5, 5.41) is 9.09. The molecule has 5 heteroatoms. The van der Waals surface area contributed by atoms with Gasteiger partial charge in [0.25, 0.3) is 0 Å². The number of aliphatic carboxylic acids is 1. The van der Waals surface area contributed by atoms with Crippen LogP contribution in [0.15, 0.2) is 0 Å². The summed E-state index contributed by atoms with van der Waals surface area (Å²) in [4.78, 5) is 38.2. The van der Waals surface area contributed by atoms with Crippen LogP contribution in [-0.2, 0) is 14.4 Å². The number of unbranched alkanes of at least 4 members (excludes halogenated alkanes) is 23. The maximum atomic E-state index is 13.0. The summed E-state index contributed by atoms with van der Waals surface area (Å²) in [5.74, 6) is -2.02. The van der Waals surface area contributed by atoms with Crippen LogP contribution in [-0.4, -0.2) is 41.3 Å². The van der Waals surface area contributed by atoms with Gasteiger partial charge in [0.1, 0.15) is 12.3 Å². The second kappa shape index (κ2) is 29.1. The molecule has 1 unspecified atom stereocenters. The van der Waals surface area contributed by atoms with Gasteiger partial charge in [-0.1, -0.05) is 168 Å². The zero-order valence-electron chi connectivity index (χ0n) is 27.0. The number of amides is 1. The van der Waals surface area contributed by atoms with E-state index >= 15 is 0 Å². The lowest BCUT2D eigenvalue weighted by Gasteiger charge is -2.22. The molecule has 1 amide bonds. The topological polar surface area (TPSA) is 74.7 Å². The molecule has 236 valence electrons. The number of Topliss-reactive ketones (excluding diaryl/α,β-unsaturated/α-hetero) is 1. The van der Waals surface area contributed by atoms with Gasteiger partial charge >= 0.3 is 5.97 Å². The van der Waals surface area contributed by atoms with Gasteiger partial charge in [-0.3, -0.25) is 14.4 Å². The molecule has 0 heterocycles. The molecular formula is C35H67NO4. The van der Waals surface area contributed by atoms with E-state index in [0.29, 0.717) is 12.8 Å². The van der Waals surface area contributed by atoms with Crippen molar-refractivity contribution in [3.05, 3.63) is 0 Å². The average molecular weight is 566 g/mol. The Morgan fingerprint density at radius 1 is 0.525 bits per heavy atom. The molecule has 0 aromatic heterocycles. The zero-order valence-corrected chi connectivity index (χ0v) is 27.0. The van der Waals surface area contributed by atoms with Crippen LogP contribution in [0.2, 0.25) is 0 Å². The Kier molecular flexibility index (Phi) is 28.1. The van der Waals surface area contributed by atoms with Crippen LogP contribution in [0.4, 0.5) is 0 Å². The second-order valence-electron chi connectivity index (χ2n) is 12.3. The molecule has 5 nitrogen and oxygen atoms in total. The normalized spacial score (nSPS) is 12.0. The lowest BCUT2D eigenvalue weighted by atomic mass is 9.91. The van der Waals surface area contributed by atoms with Crippen molar-refractivity contribution in [3.8, 4) is 0 Å². The standard InChI is InChI=1S/C35H67NO4/c1-4-6-8-10-12-14-16-17-18-19-20-22-24-26-28-30-33(37)32(35(40)36(3)31-34(38)39)29-27-25-23-21-15-13-11-9-7-5-2/h32H,4-31H2,1-3H3,(H,38,39). The number of hydrogen-bond acceptors (Lipinski definition) is 3. The number of ketones is 1. The molecule has 0 bridgehead atoms. The minimum Gasteiger partial charge on any atom is -0.480 e. The molecule has 40 heavy (non-hydrogen) atoms. The minimum absolute atomic E-state index is 0.00728. The van der Waals surface area contributed by atoms with Gasteiger partial charge in [-0.15, -0.1) is 0 Å². The van der Waals surface area contributed by atoms with Crippen LogP contribution < -0.4 is 0 Å². The highest BCUT2D eigenvalue weighted by Crippen LogP contribution is 2.20. The maximum absolute atomic E-state index is 13.0. The van der Waals surface area contributed by atoms with Crippen molar-refractivity contribution >= 4 is 17.7 Å². The summed E-state index contributed by atoms with van der Waals surface area (Å²) >= 11 is 0. The lowest BCUT2D eigenvalue weighted by Crippen LogP contribution is -2.39. The van der Waals surface area contributed by atoms with E-state index < -0.39 is 11.9 Å². The van der Waals surface area contributed by atoms with E-state index in [1.807, 2.05) is 0 Å². The molecule has 1 N–H and O–H groups in total. The molecule has 0 aliphatic carbocycles. The fourth-order valence-corrected chi connectivity index (χ4v) is 5.65. The molecule has 1 atom stereocenters. The lowest BCUT2D eigenvalue weighted by molar-refractivity contribution is -0.147. The number of rotatable bonds is 31. The van der Waals surface area contributed by atoms with Crippen LogP contribution in [0.5, 0.6) is 0 Å². The van der Waals surface area contributed by atoms with Crippen LogP contribution in [0.3, 0.4) is 0 Å². The average Bonchev–Trinajstić information content (AvgIpc) is 2.93. The molecular weight excluding hydrogens is 498 g/mol. The van der Waals surface area contributed by atoms with E-state index in [1.54, 1.807) is 0 Å². The van der Waals surface area contributed by atoms with Crippen molar-refractivity contribution in [3.63, 3.8) is 0 Å². The monoisotopic (exact) mass is 566 g/mol. The molecule has 0 aliphatic rings. The van der Waals surface area contributed by atoms with E-state index in [2.05, 4.69) is 13.8 Å². The highest BCUT2D eigenvalue weighted by molar-refractivity contribution is 6.01. The Hall–Kier alpha value is -1.39. The number of nitrogens with zero attached hydrogens (tertiary/aromatic N) is 1. The summed E-state index contributed by atoms with van der Waals surface area (Å²) in [5.41, 5.74) is 0. The minimum atomic E-state index is -1.04. The van der Waals surface area contributed by atoms with Gasteiger partial charge in [0.2, 0.25) is 5.91 Å². The molecule has 0 rings (SSSR count). The van der Waals surface area contributed by atoms with Gasteiger partial charge in [-0.05, 0) is 12.8 Å². The summed E-state index contributed by atoms with van der Waals surface area (Å²) in [6, 6.07) is 0. The van der Waals surface area contributed by atoms with Gasteiger partial charge < -0.3 is 10.0 Å². The van der Waals surface area contributed by atoms with Gasteiger partial charge in [-0.25, -0.2) is 0 Å². The first-order valence-electron chi connectivity index (χ1n) is 17.4. The Bertz CT molecular complexity index is 606. The molecule has 0 radical (unpaired) electrons. The third kappa shape index (κ3) is 24.4. The predicted molar refractivity (Wildman–Crippen MR) is 170 cm³/mol. The number of carbonyl (C=O) groups is 3. The van der Waals surface area contributed by atoms with Crippen molar-refractivity contribution in [2.24, 2.45) is 5.92 Å². The highest BCUT2D eigenvalue weighted by atomic mass is 16.4. The first-order valence-corrected chi connectivity index (χ1v) is 17.4. The van der Waals surface area contributed by atoms with Gasteiger partial charge in [0, 0.05) is 13.5 Å². The smallest absolute Gasteiger partial charge is 0.323 e. The van der Waals surface area contributed by atoms with Crippen LogP contribution in [0, 0.1) is 5.92 Å². The maximum Gasteiger partial charge on any atom is 0.323 e. The Morgan fingerprint density at radius 2 is 0.850 bits per heavy atom. The number of likely N-dealkylation sites (N-methyl/N-ethyl adjacent to an activating group) is 1. The summed E-state index contributed by atoms with van der Waals surface area (Å²) in [6.07, 6.45) is 32.4. The van der Waals surface area contributed by atoms with Crippen molar-refractivity contribution in [2.75, 3.05) is 13.6 Å². The summed E-state index contributed by atoms with van der Waals surface area (Å²) < 4.78 is 0. The third-order valence-electron chi connectivity index (χ3n) is 8.31. The summed E-state index contributed by atoms with van der Waals surface area (Å²) in [7, 11) is 1.50. The quantitative estimate of drug-likeness (QED) is 0.0670. The van der Waals surface area contributed by atoms with Gasteiger partial charge in [-0.2, -0.15) is 0 Å². The van der Waals surface area contributed by atoms with Gasteiger partial charge in [0.05, 0.1) is 5.92 Å². The van der Waals surface area contributed by atoms with Crippen LogP contribution in [0.25, 0.3) is 0 Å². The van der Waals surface area contributed by atoms with Gasteiger partial charge in [0.15, 0.2) is 0 Å². The van der Waals surface area contributed by atoms with Crippen molar-refractivity contribution in [2.45, 2.75) is 187 Å². The summed E-state index contributed by atoms with van der Waals surface area (Å²) in [6.45, 7) is 4.16. The molecule has 0 saturated carbocycles. The molecule has 0 aromatic rings. The fourth-order valence-electron chi connectivity index (χ4n) is 5.65. The van der Waals surface area contributed by atoms with Crippen LogP contribution in [0.1, 0.15) is 187 Å². The highest BCUT2D eigenvalue weighted by Gasteiger charge is 2.28. The first-order chi connectivity index (χ1) is 19.4. The van der Waals surface area contributed by atoms with Crippen molar-refractivity contribution in [1.29, 1.82) is 0 Å². The Balaban J connectivity index is 4.09. The molecule has 0 aliphatic heterocycles. The number of carboxylic acid groups (broad SMARTS) is 1. The second-order valence-corrected chi connectivity index (χ2v) is 12.3. The Morgan fingerprint density at radius 3 is 1.20 bits per heavy atom. The fraction of sp³-hybridized carbons (Fsp3) is 0.914. The van der Waals surface area contributed by atoms with E-state index in [4.69, 9.17) is 5.11 Å². The molecule has 0 aromatic carbocycles. The largest absolute Gasteiger partial charge is 0.480 e. The Labute approximate surface area is 248 Å². The van der Waals surface area contributed by atoms with E-state index in [0.717, 1.165) is 38.5 Å². The first kappa shape index (κ1) is 38.6. The number of hydrogen-bond donors (Lipinski definition) is 1. The SMILES string of the molecule is CCCCCCCCCCCCCCCCCC(=O)C(CCCCCCCCCCCC)C(=O)N(C)CC(=O)O. The molecule has 0 fully saturated rings. The number of carboxylic acids is 1. The zero-order chi connectivity index (χ0) is 29.7. The van der Waals surface area contributed by atoms with E-state index in [9.17, 15) is 14.4 Å². The molecule has 0 saturated heterocycles. The van der Waals surface area contributed by atoms with Crippen molar-refractivity contribution in [1.82, 2.24) is 4.90 Å². The predicted octanol–water partition coefficient (Wildman–Crippen LogP) is 10.3. The van der Waals surface area contributed by atoms with E-state index in [-0.39, 0.29) is 18.2 Å². The van der Waals surface area contributed by atoms with E-state index in [1.165, 1.54) is 134 Å². The third-order valence-corrected chi connectivity index (χ3v) is 8.31.